The first-order chi connectivity index (χ1) is 7.41. The Kier molecular flexibility index (Phi) is 12.5. The molecule has 0 atom stereocenters. The van der Waals surface area contributed by atoms with E-state index < -0.39 is 0 Å². The molecule has 0 saturated heterocycles. The number of rotatable bonds is 10. The SMILES string of the molecule is [CH]=CC=CCCCCC=CCCCCC. The Labute approximate surface area is 95.8 Å². The maximum absolute atomic E-state index is 5.23. The summed E-state index contributed by atoms with van der Waals surface area (Å²) in [5.74, 6) is 0. The van der Waals surface area contributed by atoms with Crippen molar-refractivity contribution in [1.29, 1.82) is 0 Å². The minimum Gasteiger partial charge on any atom is -0.0885 e. The molecule has 85 valence electrons. The summed E-state index contributed by atoms with van der Waals surface area (Å²) in [6.07, 6.45) is 20.5. The molecule has 0 spiro atoms. The van der Waals surface area contributed by atoms with Crippen LogP contribution < -0.4 is 0 Å². The highest BCUT2D eigenvalue weighted by atomic mass is 13.9. The molecule has 0 aliphatic rings. The monoisotopic (exact) mass is 205 g/mol. The third-order valence-electron chi connectivity index (χ3n) is 2.38. The molecular weight excluding hydrogens is 180 g/mol. The minimum absolute atomic E-state index is 1.15. The average molecular weight is 205 g/mol. The average Bonchev–Trinajstić information content (AvgIpc) is 2.26. The molecule has 1 radical (unpaired) electrons. The fraction of sp³-hybridized carbons (Fsp3) is 0.600. The van der Waals surface area contributed by atoms with Crippen molar-refractivity contribution >= 4 is 0 Å². The summed E-state index contributed by atoms with van der Waals surface area (Å²) in [6, 6.07) is 0. The molecule has 0 amide bonds. The molecule has 0 saturated carbocycles. The van der Waals surface area contributed by atoms with Crippen LogP contribution >= 0.6 is 0 Å². The van der Waals surface area contributed by atoms with Crippen molar-refractivity contribution in [3.8, 4) is 0 Å². The molecule has 0 aliphatic heterocycles. The van der Waals surface area contributed by atoms with E-state index >= 15 is 0 Å². The predicted octanol–water partition coefficient (Wildman–Crippen LogP) is 5.23. The molecule has 0 nitrogen and oxygen atoms in total. The molecule has 0 heteroatoms. The number of allylic oxidation sites excluding steroid dienone is 5. The van der Waals surface area contributed by atoms with Crippen LogP contribution in [0.1, 0.15) is 58.3 Å². The van der Waals surface area contributed by atoms with E-state index in [0.29, 0.717) is 0 Å². The predicted molar refractivity (Wildman–Crippen MR) is 69.8 cm³/mol. The van der Waals surface area contributed by atoms with Crippen LogP contribution in [0.25, 0.3) is 0 Å². The van der Waals surface area contributed by atoms with Crippen molar-refractivity contribution in [2.45, 2.75) is 58.3 Å². The highest BCUT2D eigenvalue weighted by Crippen LogP contribution is 2.04. The Hall–Kier alpha value is -0.780. The normalized spacial score (nSPS) is 11.5. The lowest BCUT2D eigenvalue weighted by molar-refractivity contribution is 0.723. The lowest BCUT2D eigenvalue weighted by Gasteiger charge is -1.94. The van der Waals surface area contributed by atoms with Crippen molar-refractivity contribution < 1.29 is 0 Å². The van der Waals surface area contributed by atoms with Crippen LogP contribution in [0, 0.1) is 6.58 Å². The Bertz CT molecular complexity index is 174. The Morgan fingerprint density at radius 3 is 1.87 bits per heavy atom. The zero-order chi connectivity index (χ0) is 11.2. The molecule has 0 fully saturated rings. The highest BCUT2D eigenvalue weighted by molar-refractivity contribution is 4.95. The fourth-order valence-electron chi connectivity index (χ4n) is 1.45. The number of hydrogen-bond donors (Lipinski definition) is 0. The smallest absolute Gasteiger partial charge is 0.0347 e. The summed E-state index contributed by atoms with van der Waals surface area (Å²) in [7, 11) is 0. The minimum atomic E-state index is 1.15. The van der Waals surface area contributed by atoms with E-state index in [4.69, 9.17) is 6.58 Å². The van der Waals surface area contributed by atoms with E-state index in [0.717, 1.165) is 6.42 Å². The van der Waals surface area contributed by atoms with Gasteiger partial charge in [0.25, 0.3) is 0 Å². The van der Waals surface area contributed by atoms with Gasteiger partial charge in [0.2, 0.25) is 0 Å². The molecule has 0 bridgehead atoms. The van der Waals surface area contributed by atoms with Crippen LogP contribution in [0.2, 0.25) is 0 Å². The number of unbranched alkanes of at least 4 members (excludes halogenated alkanes) is 6. The van der Waals surface area contributed by atoms with Crippen molar-refractivity contribution in [3.63, 3.8) is 0 Å². The first-order valence-electron chi connectivity index (χ1n) is 6.27. The fourth-order valence-corrected chi connectivity index (χ4v) is 1.45. The summed E-state index contributed by atoms with van der Waals surface area (Å²) >= 11 is 0. The van der Waals surface area contributed by atoms with Crippen molar-refractivity contribution in [2.75, 3.05) is 0 Å². The summed E-state index contributed by atoms with van der Waals surface area (Å²) in [4.78, 5) is 0. The van der Waals surface area contributed by atoms with Gasteiger partial charge in [0.1, 0.15) is 0 Å². The van der Waals surface area contributed by atoms with Gasteiger partial charge in [0.05, 0.1) is 0 Å². The third-order valence-corrected chi connectivity index (χ3v) is 2.38. The second kappa shape index (κ2) is 13.2. The molecular formula is C15H25. The Morgan fingerprint density at radius 1 is 0.800 bits per heavy atom. The first-order valence-corrected chi connectivity index (χ1v) is 6.27. The summed E-state index contributed by atoms with van der Waals surface area (Å²) in [5, 5.41) is 0. The molecule has 15 heavy (non-hydrogen) atoms. The van der Waals surface area contributed by atoms with Gasteiger partial charge in [-0.15, -0.1) is 0 Å². The van der Waals surface area contributed by atoms with E-state index in [9.17, 15) is 0 Å². The van der Waals surface area contributed by atoms with Gasteiger partial charge >= 0.3 is 0 Å². The second-order valence-electron chi connectivity index (χ2n) is 3.87. The molecule has 0 aliphatic carbocycles. The van der Waals surface area contributed by atoms with Gasteiger partial charge in [-0.3, -0.25) is 0 Å². The maximum atomic E-state index is 5.23. The van der Waals surface area contributed by atoms with Gasteiger partial charge < -0.3 is 0 Å². The summed E-state index contributed by atoms with van der Waals surface area (Å²) < 4.78 is 0. The second-order valence-corrected chi connectivity index (χ2v) is 3.87. The lowest BCUT2D eigenvalue weighted by atomic mass is 10.1. The van der Waals surface area contributed by atoms with Crippen molar-refractivity contribution in [1.82, 2.24) is 0 Å². The van der Waals surface area contributed by atoms with Crippen LogP contribution in [0.4, 0.5) is 0 Å². The first kappa shape index (κ1) is 14.2. The van der Waals surface area contributed by atoms with E-state index in [1.165, 1.54) is 44.9 Å². The quantitative estimate of drug-likeness (QED) is 0.260. The van der Waals surface area contributed by atoms with Crippen LogP contribution in [-0.2, 0) is 0 Å². The van der Waals surface area contributed by atoms with Gasteiger partial charge in [-0.2, -0.15) is 0 Å². The summed E-state index contributed by atoms with van der Waals surface area (Å²) in [5.41, 5.74) is 0. The lowest BCUT2D eigenvalue weighted by Crippen LogP contribution is -1.74. The molecule has 0 N–H and O–H groups in total. The Morgan fingerprint density at radius 2 is 1.33 bits per heavy atom. The van der Waals surface area contributed by atoms with Crippen LogP contribution in [0.15, 0.2) is 30.4 Å². The topological polar surface area (TPSA) is 0 Å². The molecule has 0 aromatic heterocycles. The van der Waals surface area contributed by atoms with E-state index in [1.807, 2.05) is 6.08 Å². The largest absolute Gasteiger partial charge is 0.0885 e. The third kappa shape index (κ3) is 13.2. The van der Waals surface area contributed by atoms with Crippen LogP contribution in [0.3, 0.4) is 0 Å². The van der Waals surface area contributed by atoms with Crippen molar-refractivity contribution in [3.05, 3.63) is 37.0 Å². The van der Waals surface area contributed by atoms with Gasteiger partial charge in [-0.25, -0.2) is 0 Å². The van der Waals surface area contributed by atoms with Crippen LogP contribution in [-0.4, -0.2) is 0 Å². The molecule has 0 aromatic carbocycles. The van der Waals surface area contributed by atoms with Crippen LogP contribution in [0.5, 0.6) is 0 Å². The van der Waals surface area contributed by atoms with Gasteiger partial charge in [0.15, 0.2) is 0 Å². The zero-order valence-electron chi connectivity index (χ0n) is 10.1. The van der Waals surface area contributed by atoms with E-state index in [1.54, 1.807) is 6.08 Å². The number of hydrogen-bond acceptors (Lipinski definition) is 0. The molecule has 0 unspecified atom stereocenters. The van der Waals surface area contributed by atoms with E-state index in [-0.39, 0.29) is 0 Å². The molecule has 0 rings (SSSR count). The summed E-state index contributed by atoms with van der Waals surface area (Å²) in [6.45, 7) is 7.47. The highest BCUT2D eigenvalue weighted by Gasteiger charge is 1.84. The maximum Gasteiger partial charge on any atom is -0.0347 e. The zero-order valence-corrected chi connectivity index (χ0v) is 10.1. The van der Waals surface area contributed by atoms with Crippen molar-refractivity contribution in [2.24, 2.45) is 0 Å². The van der Waals surface area contributed by atoms with Gasteiger partial charge in [-0.1, -0.05) is 56.7 Å². The Balaban J connectivity index is 3.09. The molecule has 0 heterocycles. The van der Waals surface area contributed by atoms with Gasteiger partial charge in [0, 0.05) is 0 Å². The van der Waals surface area contributed by atoms with E-state index in [2.05, 4.69) is 25.2 Å². The molecule has 0 aromatic rings. The standard InChI is InChI=1S/C15H25/c1-3-5-7-9-11-13-15-14-12-10-8-6-4-2/h1,3,5,7,12,14H,4,6,8-11,13,15H2,2H3. The van der Waals surface area contributed by atoms with Gasteiger partial charge in [-0.05, 0) is 38.5 Å².